The summed E-state index contributed by atoms with van der Waals surface area (Å²) < 4.78 is 15.0. The first kappa shape index (κ1) is 20.1. The number of hydrogen-bond donors (Lipinski definition) is 1. The summed E-state index contributed by atoms with van der Waals surface area (Å²) in [6.45, 7) is 3.87. The van der Waals surface area contributed by atoms with E-state index < -0.39 is 0 Å². The fraction of sp³-hybridized carbons (Fsp3) is 0.174. The lowest BCUT2D eigenvalue weighted by Crippen LogP contribution is -2.28. The fourth-order valence-corrected chi connectivity index (χ4v) is 4.11. The first-order valence-electron chi connectivity index (χ1n) is 9.59. The highest BCUT2D eigenvalue weighted by atomic mass is 32.2. The van der Waals surface area contributed by atoms with Crippen molar-refractivity contribution in [3.8, 4) is 11.1 Å². The number of fused-ring (bicyclic) bond motifs is 1. The maximum Gasteiger partial charge on any atom is 0.230 e. The van der Waals surface area contributed by atoms with Gasteiger partial charge in [-0.2, -0.15) is 5.10 Å². The van der Waals surface area contributed by atoms with Crippen LogP contribution >= 0.6 is 11.8 Å². The van der Waals surface area contributed by atoms with Crippen LogP contribution in [-0.4, -0.2) is 26.3 Å². The molecule has 0 aliphatic carbocycles. The number of carbonyl (C=O) groups is 1. The van der Waals surface area contributed by atoms with Crippen LogP contribution in [0.25, 0.3) is 16.8 Å². The Balaban J connectivity index is 1.52. The van der Waals surface area contributed by atoms with Gasteiger partial charge in [-0.05, 0) is 43.2 Å². The number of nitrogens with one attached hydrogen (secondary N) is 1. The summed E-state index contributed by atoms with van der Waals surface area (Å²) in [5, 5.41) is 8.30. The molecule has 0 fully saturated rings. The average Bonchev–Trinajstić information content (AvgIpc) is 3.17. The van der Waals surface area contributed by atoms with Crippen molar-refractivity contribution >= 4 is 23.3 Å². The molecule has 0 saturated carbocycles. The van der Waals surface area contributed by atoms with E-state index >= 15 is 0 Å². The minimum atomic E-state index is -0.286. The lowest BCUT2D eigenvalue weighted by atomic mass is 10.1. The van der Waals surface area contributed by atoms with Crippen LogP contribution in [0.1, 0.15) is 24.2 Å². The molecule has 2 aromatic heterocycles. The van der Waals surface area contributed by atoms with E-state index in [1.54, 1.807) is 22.8 Å². The molecule has 1 amide bonds. The summed E-state index contributed by atoms with van der Waals surface area (Å²) >= 11 is 1.41. The molecule has 4 aromatic rings. The second kappa shape index (κ2) is 8.67. The van der Waals surface area contributed by atoms with Crippen LogP contribution in [0.4, 0.5) is 4.39 Å². The average molecular weight is 421 g/mol. The third kappa shape index (κ3) is 4.36. The summed E-state index contributed by atoms with van der Waals surface area (Å²) in [6.07, 6.45) is 1.72. The quantitative estimate of drug-likeness (QED) is 0.359. The van der Waals surface area contributed by atoms with E-state index in [4.69, 9.17) is 0 Å². The van der Waals surface area contributed by atoms with Crippen LogP contribution in [-0.2, 0) is 4.79 Å². The molecule has 0 saturated heterocycles. The van der Waals surface area contributed by atoms with E-state index in [-0.39, 0.29) is 23.5 Å². The lowest BCUT2D eigenvalue weighted by molar-refractivity contribution is -0.119. The maximum absolute atomic E-state index is 13.3. The minimum absolute atomic E-state index is 0.0510. The standard InChI is InChI=1S/C23H21FN4OS/c1-15-12-22(30-14-21(29)27-16(2)17-6-4-3-5-7-17)28-23(26-15)20(13-25-28)18-8-10-19(24)11-9-18/h3-13,16H,14H2,1-2H3,(H,27,29)/t16-/m0/s1. The van der Waals surface area contributed by atoms with Crippen molar-refractivity contribution in [1.29, 1.82) is 0 Å². The Labute approximate surface area is 178 Å². The van der Waals surface area contributed by atoms with Gasteiger partial charge in [-0.15, -0.1) is 0 Å². The fourth-order valence-electron chi connectivity index (χ4n) is 3.23. The van der Waals surface area contributed by atoms with Gasteiger partial charge in [0, 0.05) is 11.3 Å². The smallest absolute Gasteiger partial charge is 0.230 e. The molecule has 0 bridgehead atoms. The second-order valence-corrected chi connectivity index (χ2v) is 8.02. The van der Waals surface area contributed by atoms with Crippen molar-refractivity contribution < 1.29 is 9.18 Å². The Morgan fingerprint density at radius 3 is 2.63 bits per heavy atom. The summed E-state index contributed by atoms with van der Waals surface area (Å²) in [4.78, 5) is 17.1. The zero-order valence-electron chi connectivity index (χ0n) is 16.7. The first-order chi connectivity index (χ1) is 14.5. The highest BCUT2D eigenvalue weighted by molar-refractivity contribution is 7.99. The topological polar surface area (TPSA) is 59.3 Å². The van der Waals surface area contributed by atoms with Gasteiger partial charge in [0.2, 0.25) is 5.91 Å². The molecule has 2 aromatic carbocycles. The predicted octanol–water partition coefficient (Wildman–Crippen LogP) is 4.81. The zero-order valence-corrected chi connectivity index (χ0v) is 17.5. The van der Waals surface area contributed by atoms with Crippen molar-refractivity contribution in [3.05, 3.63) is 83.9 Å². The highest BCUT2D eigenvalue weighted by Crippen LogP contribution is 2.28. The van der Waals surface area contributed by atoms with Gasteiger partial charge in [0.15, 0.2) is 5.65 Å². The molecule has 5 nitrogen and oxygen atoms in total. The number of amides is 1. The Kier molecular flexibility index (Phi) is 5.81. The summed E-state index contributed by atoms with van der Waals surface area (Å²) in [5.74, 6) is -0.0715. The monoisotopic (exact) mass is 420 g/mol. The van der Waals surface area contributed by atoms with E-state index in [1.165, 1.54) is 23.9 Å². The van der Waals surface area contributed by atoms with Crippen LogP contribution in [0, 0.1) is 12.7 Å². The molecule has 2 heterocycles. The number of thioether (sulfide) groups is 1. The number of carbonyl (C=O) groups excluding carboxylic acids is 1. The summed E-state index contributed by atoms with van der Waals surface area (Å²) in [5.41, 5.74) is 4.24. The van der Waals surface area contributed by atoms with E-state index in [2.05, 4.69) is 15.4 Å². The maximum atomic E-state index is 13.3. The molecule has 152 valence electrons. The second-order valence-electron chi connectivity index (χ2n) is 7.02. The lowest BCUT2D eigenvalue weighted by Gasteiger charge is -2.14. The molecule has 4 rings (SSSR count). The first-order valence-corrected chi connectivity index (χ1v) is 10.6. The minimum Gasteiger partial charge on any atom is -0.349 e. The van der Waals surface area contributed by atoms with Gasteiger partial charge in [-0.25, -0.2) is 13.9 Å². The molecule has 1 atom stereocenters. The van der Waals surface area contributed by atoms with Gasteiger partial charge >= 0.3 is 0 Å². The van der Waals surface area contributed by atoms with Crippen LogP contribution in [0.5, 0.6) is 0 Å². The van der Waals surface area contributed by atoms with Gasteiger partial charge in [-0.3, -0.25) is 4.79 Å². The molecular weight excluding hydrogens is 399 g/mol. The van der Waals surface area contributed by atoms with E-state index in [0.29, 0.717) is 5.65 Å². The van der Waals surface area contributed by atoms with E-state index in [1.807, 2.05) is 50.2 Å². The third-order valence-corrected chi connectivity index (χ3v) is 5.74. The van der Waals surface area contributed by atoms with Crippen LogP contribution in [0.2, 0.25) is 0 Å². The number of aryl methyl sites for hydroxylation is 1. The summed E-state index contributed by atoms with van der Waals surface area (Å²) in [6, 6.07) is 18.0. The molecule has 0 spiro atoms. The Morgan fingerprint density at radius 1 is 1.17 bits per heavy atom. The summed E-state index contributed by atoms with van der Waals surface area (Å²) in [7, 11) is 0. The van der Waals surface area contributed by atoms with Crippen molar-refractivity contribution in [2.45, 2.75) is 24.9 Å². The van der Waals surface area contributed by atoms with Crippen LogP contribution in [0.3, 0.4) is 0 Å². The van der Waals surface area contributed by atoms with Gasteiger partial charge in [0.1, 0.15) is 10.8 Å². The molecule has 0 aliphatic rings. The number of rotatable bonds is 6. The number of benzene rings is 2. The van der Waals surface area contributed by atoms with Gasteiger partial charge < -0.3 is 5.32 Å². The van der Waals surface area contributed by atoms with Crippen LogP contribution < -0.4 is 5.32 Å². The van der Waals surface area contributed by atoms with E-state index in [9.17, 15) is 9.18 Å². The van der Waals surface area contributed by atoms with Gasteiger partial charge in [0.25, 0.3) is 0 Å². The van der Waals surface area contributed by atoms with E-state index in [0.717, 1.165) is 27.4 Å². The molecule has 0 radical (unpaired) electrons. The van der Waals surface area contributed by atoms with Crippen molar-refractivity contribution in [1.82, 2.24) is 19.9 Å². The molecule has 7 heteroatoms. The molecule has 0 unspecified atom stereocenters. The number of hydrogen-bond acceptors (Lipinski definition) is 4. The Morgan fingerprint density at radius 2 is 1.90 bits per heavy atom. The predicted molar refractivity (Wildman–Crippen MR) is 117 cm³/mol. The largest absolute Gasteiger partial charge is 0.349 e. The van der Waals surface area contributed by atoms with Crippen LogP contribution in [0.15, 0.2) is 71.9 Å². The highest BCUT2D eigenvalue weighted by Gasteiger charge is 2.15. The Hall–Kier alpha value is -3.19. The van der Waals surface area contributed by atoms with Gasteiger partial charge in [-0.1, -0.05) is 54.2 Å². The molecule has 1 N–H and O–H groups in total. The number of halogens is 1. The molecule has 0 aliphatic heterocycles. The van der Waals surface area contributed by atoms with Crippen molar-refractivity contribution in [2.24, 2.45) is 0 Å². The van der Waals surface area contributed by atoms with Gasteiger partial charge in [0.05, 0.1) is 18.0 Å². The normalized spacial score (nSPS) is 12.1. The van der Waals surface area contributed by atoms with Crippen molar-refractivity contribution in [3.63, 3.8) is 0 Å². The number of aromatic nitrogens is 3. The molecular formula is C23H21FN4OS. The SMILES string of the molecule is Cc1cc(SCC(=O)N[C@@H](C)c2ccccc2)n2ncc(-c3ccc(F)cc3)c2n1. The third-order valence-electron chi connectivity index (χ3n) is 4.75. The number of nitrogens with zero attached hydrogens (tertiary/aromatic N) is 3. The molecule has 30 heavy (non-hydrogen) atoms. The Bertz CT molecular complexity index is 1180. The zero-order chi connectivity index (χ0) is 21.1. The van der Waals surface area contributed by atoms with Crippen molar-refractivity contribution in [2.75, 3.05) is 5.75 Å².